The lowest BCUT2D eigenvalue weighted by Gasteiger charge is -2.23. The van der Waals surface area contributed by atoms with Gasteiger partial charge in [-0.15, -0.1) is 0 Å². The Bertz CT molecular complexity index is 820. The maximum absolute atomic E-state index is 12.9. The second-order valence-electron chi connectivity index (χ2n) is 5.83. The fourth-order valence-electron chi connectivity index (χ4n) is 2.63. The van der Waals surface area contributed by atoms with Crippen molar-refractivity contribution < 1.29 is 13.2 Å². The number of nitrogens with zero attached hydrogens (tertiary/aromatic N) is 3. The number of aromatic nitrogens is 2. The molecule has 0 N–H and O–H groups in total. The molecule has 0 fully saturated rings. The lowest BCUT2D eigenvalue weighted by Crippen LogP contribution is -2.26. The Labute approximate surface area is 150 Å². The number of anilines is 1. The van der Waals surface area contributed by atoms with Crippen molar-refractivity contribution in [2.45, 2.75) is 19.1 Å². The predicted molar refractivity (Wildman–Crippen MR) is 93.5 cm³/mol. The molecule has 1 aromatic carbocycles. The molecule has 3 aromatic rings. The third-order valence-corrected chi connectivity index (χ3v) is 3.94. The van der Waals surface area contributed by atoms with Crippen molar-refractivity contribution in [3.63, 3.8) is 0 Å². The number of benzene rings is 1. The molecule has 3 nitrogen and oxygen atoms in total. The third kappa shape index (κ3) is 4.81. The summed E-state index contributed by atoms with van der Waals surface area (Å²) in [6.07, 6.45) is 1.24. The minimum Gasteiger partial charge on any atom is -0.351 e. The maximum Gasteiger partial charge on any atom is 0.416 e. The number of rotatable bonds is 6. The van der Waals surface area contributed by atoms with Crippen LogP contribution in [0.4, 0.5) is 19.0 Å². The first-order valence-corrected chi connectivity index (χ1v) is 8.15. The topological polar surface area (TPSA) is 29.0 Å². The summed E-state index contributed by atoms with van der Waals surface area (Å²) in [4.78, 5) is 10.3. The average molecular weight is 356 g/mol. The second kappa shape index (κ2) is 7.99. The van der Waals surface area contributed by atoms with Crippen molar-refractivity contribution in [1.82, 2.24) is 9.97 Å². The van der Waals surface area contributed by atoms with E-state index in [2.05, 4.69) is 16.0 Å². The smallest absolute Gasteiger partial charge is 0.351 e. The van der Waals surface area contributed by atoms with Crippen LogP contribution in [0.15, 0.2) is 67.1 Å². The van der Waals surface area contributed by atoms with E-state index < -0.39 is 11.7 Å². The van der Waals surface area contributed by atoms with Gasteiger partial charge in [0.15, 0.2) is 0 Å². The number of hydrogen-bond acceptors (Lipinski definition) is 3. The standard InChI is InChI=1S/C20H17F3N3/c21-20(22,23)18-5-3-4-16(14-18)9-13-26(19-6-1-2-10-25-19)15-17-7-11-24-12-8-17/h1-5,7-8,10-12,14H,9,13,15H2. The summed E-state index contributed by atoms with van der Waals surface area (Å²) in [6, 6.07) is 15.9. The van der Waals surface area contributed by atoms with Gasteiger partial charge in [0.25, 0.3) is 0 Å². The van der Waals surface area contributed by atoms with Crippen LogP contribution in [-0.4, -0.2) is 16.5 Å². The molecule has 2 aromatic heterocycles. The van der Waals surface area contributed by atoms with E-state index in [1.54, 1.807) is 36.8 Å². The van der Waals surface area contributed by atoms with Gasteiger partial charge in [0, 0.05) is 37.7 Å². The lowest BCUT2D eigenvalue weighted by molar-refractivity contribution is -0.137. The van der Waals surface area contributed by atoms with E-state index in [4.69, 9.17) is 0 Å². The van der Waals surface area contributed by atoms with E-state index >= 15 is 0 Å². The SMILES string of the molecule is FC(F)(F)c1cccc(CCN(Cc2ccncc2)c2[c]cccn2)c1. The molecule has 0 saturated heterocycles. The van der Waals surface area contributed by atoms with Crippen molar-refractivity contribution in [2.24, 2.45) is 0 Å². The van der Waals surface area contributed by atoms with Crippen molar-refractivity contribution >= 4 is 5.82 Å². The molecule has 0 aliphatic heterocycles. The van der Waals surface area contributed by atoms with E-state index in [1.807, 2.05) is 17.0 Å². The van der Waals surface area contributed by atoms with E-state index in [0.717, 1.165) is 11.6 Å². The Morgan fingerprint density at radius 3 is 2.46 bits per heavy atom. The van der Waals surface area contributed by atoms with Crippen LogP contribution < -0.4 is 4.90 Å². The van der Waals surface area contributed by atoms with Crippen molar-refractivity contribution in [2.75, 3.05) is 11.4 Å². The van der Waals surface area contributed by atoms with Crippen LogP contribution in [0.3, 0.4) is 0 Å². The Morgan fingerprint density at radius 2 is 1.77 bits per heavy atom. The monoisotopic (exact) mass is 356 g/mol. The van der Waals surface area contributed by atoms with Crippen LogP contribution in [-0.2, 0) is 19.1 Å². The summed E-state index contributed by atoms with van der Waals surface area (Å²) in [5.41, 5.74) is 1.05. The zero-order valence-electron chi connectivity index (χ0n) is 13.9. The van der Waals surface area contributed by atoms with Gasteiger partial charge in [-0.2, -0.15) is 13.2 Å². The lowest BCUT2D eigenvalue weighted by atomic mass is 10.1. The molecule has 0 unspecified atom stereocenters. The Hall–Kier alpha value is -2.89. The van der Waals surface area contributed by atoms with Crippen LogP contribution in [0.5, 0.6) is 0 Å². The van der Waals surface area contributed by atoms with Crippen molar-refractivity contribution in [3.05, 3.63) is 89.9 Å². The highest BCUT2D eigenvalue weighted by molar-refractivity contribution is 5.38. The minimum absolute atomic E-state index is 0.472. The summed E-state index contributed by atoms with van der Waals surface area (Å²) in [7, 11) is 0. The number of hydrogen-bond donors (Lipinski definition) is 0. The first kappa shape index (κ1) is 17.9. The van der Waals surface area contributed by atoms with Crippen molar-refractivity contribution in [3.8, 4) is 0 Å². The molecule has 0 bridgehead atoms. The van der Waals surface area contributed by atoms with Crippen LogP contribution in [0.1, 0.15) is 16.7 Å². The average Bonchev–Trinajstić information content (AvgIpc) is 2.66. The van der Waals surface area contributed by atoms with Crippen molar-refractivity contribution in [1.29, 1.82) is 0 Å². The largest absolute Gasteiger partial charge is 0.416 e. The summed E-state index contributed by atoms with van der Waals surface area (Å²) in [5, 5.41) is 0. The van der Waals surface area contributed by atoms with E-state index in [9.17, 15) is 13.2 Å². The van der Waals surface area contributed by atoms with Gasteiger partial charge in [0.05, 0.1) is 5.56 Å². The number of halogens is 3. The van der Waals surface area contributed by atoms with Gasteiger partial charge in [-0.25, -0.2) is 4.98 Å². The maximum atomic E-state index is 12.9. The van der Waals surface area contributed by atoms with Gasteiger partial charge in [-0.1, -0.05) is 18.2 Å². The predicted octanol–water partition coefficient (Wildman–Crippen LogP) is 4.54. The first-order chi connectivity index (χ1) is 12.5. The minimum atomic E-state index is -4.33. The summed E-state index contributed by atoms with van der Waals surface area (Å²) >= 11 is 0. The molecule has 0 saturated carbocycles. The van der Waals surface area contributed by atoms with Crippen LogP contribution in [0.2, 0.25) is 0 Å². The first-order valence-electron chi connectivity index (χ1n) is 8.15. The molecular weight excluding hydrogens is 339 g/mol. The third-order valence-electron chi connectivity index (χ3n) is 3.94. The second-order valence-corrected chi connectivity index (χ2v) is 5.83. The molecule has 1 radical (unpaired) electrons. The summed E-state index contributed by atoms with van der Waals surface area (Å²) in [6.45, 7) is 1.10. The quantitative estimate of drug-likeness (QED) is 0.649. The molecule has 0 atom stereocenters. The number of pyridine rings is 2. The van der Waals surface area contributed by atoms with Crippen LogP contribution in [0, 0.1) is 6.07 Å². The Kier molecular flexibility index (Phi) is 5.51. The Balaban J connectivity index is 1.76. The van der Waals surface area contributed by atoms with Gasteiger partial charge in [-0.05, 0) is 47.9 Å². The molecule has 0 aliphatic carbocycles. The summed E-state index contributed by atoms with van der Waals surface area (Å²) in [5.74, 6) is 0.663. The van der Waals surface area contributed by atoms with Gasteiger partial charge in [0.1, 0.15) is 5.82 Å². The molecular formula is C20H17F3N3. The van der Waals surface area contributed by atoms with Gasteiger partial charge in [-0.3, -0.25) is 4.98 Å². The highest BCUT2D eigenvalue weighted by Crippen LogP contribution is 2.29. The van der Waals surface area contributed by atoms with Crippen LogP contribution in [0.25, 0.3) is 0 Å². The fraction of sp³-hybridized carbons (Fsp3) is 0.200. The highest BCUT2D eigenvalue weighted by Gasteiger charge is 2.30. The van der Waals surface area contributed by atoms with Gasteiger partial charge >= 0.3 is 6.18 Å². The van der Waals surface area contributed by atoms with E-state index in [0.29, 0.717) is 30.9 Å². The molecule has 26 heavy (non-hydrogen) atoms. The van der Waals surface area contributed by atoms with E-state index in [1.165, 1.54) is 12.1 Å². The zero-order valence-corrected chi connectivity index (χ0v) is 13.9. The fourth-order valence-corrected chi connectivity index (χ4v) is 2.63. The zero-order chi connectivity index (χ0) is 18.4. The molecule has 0 spiro atoms. The molecule has 0 aliphatic rings. The van der Waals surface area contributed by atoms with Gasteiger partial charge in [0.2, 0.25) is 0 Å². The molecule has 3 rings (SSSR count). The van der Waals surface area contributed by atoms with E-state index in [-0.39, 0.29) is 0 Å². The van der Waals surface area contributed by atoms with Gasteiger partial charge < -0.3 is 4.90 Å². The molecule has 133 valence electrons. The number of alkyl halides is 3. The molecule has 0 amide bonds. The molecule has 2 heterocycles. The highest BCUT2D eigenvalue weighted by atomic mass is 19.4. The summed E-state index contributed by atoms with van der Waals surface area (Å²) < 4.78 is 38.7. The molecule has 6 heteroatoms. The normalized spacial score (nSPS) is 11.3. The van der Waals surface area contributed by atoms with Crippen LogP contribution >= 0.6 is 0 Å². The Morgan fingerprint density at radius 1 is 0.962 bits per heavy atom.